The summed E-state index contributed by atoms with van der Waals surface area (Å²) in [6, 6.07) is 12.3. The number of nitrogens with one attached hydrogen (secondary N) is 2. The molecule has 142 valence electrons. The molecule has 0 aromatic heterocycles. The highest BCUT2D eigenvalue weighted by molar-refractivity contribution is 6.02. The average Bonchev–Trinajstić information content (AvgIpc) is 2.85. The van der Waals surface area contributed by atoms with E-state index in [0.29, 0.717) is 5.92 Å². The molecule has 0 fully saturated rings. The van der Waals surface area contributed by atoms with Crippen molar-refractivity contribution in [2.75, 3.05) is 29.1 Å². The first-order chi connectivity index (χ1) is 12.9. The molecular weight excluding hydrogens is 334 g/mol. The third-order valence-corrected chi connectivity index (χ3v) is 6.08. The molecule has 0 saturated heterocycles. The highest BCUT2D eigenvalue weighted by Crippen LogP contribution is 2.48. The minimum atomic E-state index is -0.173. The second-order valence-electron chi connectivity index (χ2n) is 8.67. The fraction of sp³-hybridized carbons (Fsp3) is 0.435. The van der Waals surface area contributed by atoms with Crippen LogP contribution >= 0.6 is 0 Å². The summed E-state index contributed by atoms with van der Waals surface area (Å²) in [7, 11) is 2.09. The first-order valence-corrected chi connectivity index (χ1v) is 9.91. The Hall–Kier alpha value is -2.49. The summed E-state index contributed by atoms with van der Waals surface area (Å²) in [4.78, 5) is 15.0. The average molecular weight is 364 g/mol. The lowest BCUT2D eigenvalue weighted by molar-refractivity contribution is 0.262. The summed E-state index contributed by atoms with van der Waals surface area (Å²) in [5.74, 6) is 0.446. The van der Waals surface area contributed by atoms with Gasteiger partial charge in [0.15, 0.2) is 0 Å². The second kappa shape index (κ2) is 6.59. The minimum Gasteiger partial charge on any atom is -0.373 e. The van der Waals surface area contributed by atoms with Crippen LogP contribution in [0.3, 0.4) is 0 Å². The number of fused-ring (bicyclic) bond motifs is 2. The largest absolute Gasteiger partial charge is 0.373 e. The number of rotatable bonds is 2. The van der Waals surface area contributed by atoms with Gasteiger partial charge in [0, 0.05) is 19.3 Å². The van der Waals surface area contributed by atoms with E-state index in [1.807, 2.05) is 24.3 Å². The Morgan fingerprint density at radius 3 is 2.63 bits per heavy atom. The molecule has 1 unspecified atom stereocenters. The molecule has 0 bridgehead atoms. The highest BCUT2D eigenvalue weighted by Gasteiger charge is 2.36. The van der Waals surface area contributed by atoms with Gasteiger partial charge < -0.3 is 15.5 Å². The summed E-state index contributed by atoms with van der Waals surface area (Å²) < 4.78 is 0. The van der Waals surface area contributed by atoms with Crippen LogP contribution in [-0.4, -0.2) is 19.6 Å². The van der Waals surface area contributed by atoms with Gasteiger partial charge in [0.2, 0.25) is 0 Å². The molecule has 4 rings (SSSR count). The normalized spacial score (nSPS) is 20.0. The topological polar surface area (TPSA) is 44.4 Å². The highest BCUT2D eigenvalue weighted by atomic mass is 16.2. The lowest BCUT2D eigenvalue weighted by Crippen LogP contribution is -2.28. The van der Waals surface area contributed by atoms with Crippen molar-refractivity contribution in [3.63, 3.8) is 0 Å². The van der Waals surface area contributed by atoms with E-state index in [9.17, 15) is 4.79 Å². The van der Waals surface area contributed by atoms with Crippen LogP contribution in [-0.2, 0) is 11.8 Å². The molecular formula is C23H29N3O. The number of carbonyl (C=O) groups is 1. The molecule has 4 heteroatoms. The molecule has 2 aliphatic rings. The number of anilines is 3. The molecule has 1 heterocycles. The van der Waals surface area contributed by atoms with Crippen molar-refractivity contribution in [3.8, 4) is 0 Å². The smallest absolute Gasteiger partial charge is 0.323 e. The van der Waals surface area contributed by atoms with E-state index < -0.39 is 0 Å². The number of hydrogen-bond acceptors (Lipinski definition) is 2. The molecule has 2 N–H and O–H groups in total. The fourth-order valence-electron chi connectivity index (χ4n) is 5.01. The van der Waals surface area contributed by atoms with Crippen LogP contribution in [0.1, 0.15) is 56.2 Å². The van der Waals surface area contributed by atoms with E-state index in [4.69, 9.17) is 0 Å². The van der Waals surface area contributed by atoms with Gasteiger partial charge in [0.1, 0.15) is 0 Å². The zero-order valence-electron chi connectivity index (χ0n) is 16.7. The summed E-state index contributed by atoms with van der Waals surface area (Å²) in [5.41, 5.74) is 7.05. The Balaban J connectivity index is 1.58. The van der Waals surface area contributed by atoms with Gasteiger partial charge in [0.25, 0.3) is 0 Å². The fourth-order valence-corrected chi connectivity index (χ4v) is 5.01. The van der Waals surface area contributed by atoms with Gasteiger partial charge in [-0.2, -0.15) is 0 Å². The molecule has 0 saturated carbocycles. The Morgan fingerprint density at radius 2 is 1.81 bits per heavy atom. The maximum Gasteiger partial charge on any atom is 0.323 e. The lowest BCUT2D eigenvalue weighted by atomic mass is 9.86. The van der Waals surface area contributed by atoms with E-state index in [-0.39, 0.29) is 11.4 Å². The lowest BCUT2D eigenvalue weighted by Gasteiger charge is -2.29. The van der Waals surface area contributed by atoms with Crippen LogP contribution in [0.2, 0.25) is 0 Å². The minimum absolute atomic E-state index is 0.157. The number of para-hydroxylation sites is 1. The Labute approximate surface area is 162 Å². The Bertz CT molecular complexity index is 887. The van der Waals surface area contributed by atoms with Crippen LogP contribution in [0.15, 0.2) is 36.4 Å². The Morgan fingerprint density at radius 1 is 1.11 bits per heavy atom. The predicted molar refractivity (Wildman–Crippen MR) is 113 cm³/mol. The molecule has 2 aromatic carbocycles. The molecule has 2 aromatic rings. The van der Waals surface area contributed by atoms with E-state index >= 15 is 0 Å². The van der Waals surface area contributed by atoms with Crippen LogP contribution in [0, 0.1) is 0 Å². The number of hydrogen-bond donors (Lipinski definition) is 2. The maximum atomic E-state index is 12.8. The summed E-state index contributed by atoms with van der Waals surface area (Å²) in [6.07, 6.45) is 3.33. The number of amides is 2. The standard InChI is InChI=1S/C23H29N3O/c1-15-14-23(2,3)17-10-6-11-18(20(15)17)24-22(27)25-19-12-5-8-16-9-7-13-26(4)21(16)19/h5-6,8,10-12,15H,7,9,13-14H2,1-4H3,(H2,24,25,27). The van der Waals surface area contributed by atoms with Crippen LogP contribution < -0.4 is 15.5 Å². The van der Waals surface area contributed by atoms with Crippen molar-refractivity contribution < 1.29 is 4.79 Å². The first kappa shape index (κ1) is 17.9. The monoisotopic (exact) mass is 363 g/mol. The molecule has 0 spiro atoms. The molecule has 27 heavy (non-hydrogen) atoms. The molecule has 4 nitrogen and oxygen atoms in total. The zero-order valence-corrected chi connectivity index (χ0v) is 16.7. The van der Waals surface area contributed by atoms with Crippen molar-refractivity contribution in [2.45, 2.75) is 51.4 Å². The quantitative estimate of drug-likeness (QED) is 0.740. The summed E-state index contributed by atoms with van der Waals surface area (Å²) >= 11 is 0. The number of urea groups is 1. The molecule has 0 radical (unpaired) electrons. The van der Waals surface area contributed by atoms with Gasteiger partial charge in [-0.3, -0.25) is 0 Å². The van der Waals surface area contributed by atoms with Crippen molar-refractivity contribution in [1.29, 1.82) is 0 Å². The predicted octanol–water partition coefficient (Wildman–Crippen LogP) is 5.50. The van der Waals surface area contributed by atoms with Crippen molar-refractivity contribution >= 4 is 23.1 Å². The molecule has 1 atom stereocenters. The molecule has 1 aliphatic carbocycles. The Kier molecular flexibility index (Phi) is 4.37. The van der Waals surface area contributed by atoms with Gasteiger partial charge in [-0.15, -0.1) is 0 Å². The third kappa shape index (κ3) is 3.18. The van der Waals surface area contributed by atoms with Gasteiger partial charge in [0.05, 0.1) is 11.4 Å². The molecule has 1 aliphatic heterocycles. The molecule has 2 amide bonds. The van der Waals surface area contributed by atoms with Crippen molar-refractivity contribution in [1.82, 2.24) is 0 Å². The van der Waals surface area contributed by atoms with Crippen molar-refractivity contribution in [3.05, 3.63) is 53.1 Å². The van der Waals surface area contributed by atoms with E-state index in [2.05, 4.69) is 55.5 Å². The van der Waals surface area contributed by atoms with Crippen LogP contribution in [0.4, 0.5) is 21.9 Å². The number of carbonyl (C=O) groups excluding carboxylic acids is 1. The van der Waals surface area contributed by atoms with Gasteiger partial charge in [-0.1, -0.05) is 45.0 Å². The van der Waals surface area contributed by atoms with Gasteiger partial charge >= 0.3 is 6.03 Å². The van der Waals surface area contributed by atoms with Crippen LogP contribution in [0.5, 0.6) is 0 Å². The maximum absolute atomic E-state index is 12.8. The van der Waals surface area contributed by atoms with E-state index in [1.165, 1.54) is 16.7 Å². The van der Waals surface area contributed by atoms with Crippen LogP contribution in [0.25, 0.3) is 0 Å². The summed E-state index contributed by atoms with van der Waals surface area (Å²) in [5, 5.41) is 6.20. The number of aryl methyl sites for hydroxylation is 1. The van der Waals surface area contributed by atoms with Gasteiger partial charge in [-0.05, 0) is 59.4 Å². The number of benzene rings is 2. The van der Waals surface area contributed by atoms with E-state index in [1.54, 1.807) is 0 Å². The van der Waals surface area contributed by atoms with Crippen molar-refractivity contribution in [2.24, 2.45) is 0 Å². The van der Waals surface area contributed by atoms with E-state index in [0.717, 1.165) is 42.9 Å². The third-order valence-electron chi connectivity index (χ3n) is 6.08. The SMILES string of the molecule is CC1CC(C)(C)c2cccc(NC(=O)Nc3cccc4c3N(C)CCC4)c21. The zero-order chi connectivity index (χ0) is 19.2. The number of nitrogens with zero attached hydrogens (tertiary/aromatic N) is 1. The summed E-state index contributed by atoms with van der Waals surface area (Å²) in [6.45, 7) is 7.84. The van der Waals surface area contributed by atoms with Gasteiger partial charge in [-0.25, -0.2) is 4.79 Å². The first-order valence-electron chi connectivity index (χ1n) is 9.91. The second-order valence-corrected chi connectivity index (χ2v) is 8.67.